The highest BCUT2D eigenvalue weighted by atomic mass is 16.4. The topological polar surface area (TPSA) is 74.7 Å². The first-order chi connectivity index (χ1) is 9.58. The maximum absolute atomic E-state index is 11.8. The van der Waals surface area contributed by atoms with Crippen LogP contribution < -0.4 is 0 Å². The van der Waals surface area contributed by atoms with Crippen LogP contribution in [0, 0.1) is 0 Å². The normalized spacial score (nSPS) is 15.9. The molecule has 5 nitrogen and oxygen atoms in total. The molecule has 0 unspecified atom stereocenters. The number of hydrogen-bond donors (Lipinski definition) is 1. The van der Waals surface area contributed by atoms with Crippen molar-refractivity contribution < 1.29 is 19.5 Å². The third-order valence-electron chi connectivity index (χ3n) is 3.17. The molecule has 0 aliphatic carbocycles. The van der Waals surface area contributed by atoms with Crippen molar-refractivity contribution in [2.45, 2.75) is 25.8 Å². The third kappa shape index (κ3) is 3.32. The highest BCUT2D eigenvalue weighted by Crippen LogP contribution is 2.19. The molecular weight excluding hydrogens is 258 g/mol. The Morgan fingerprint density at radius 2 is 1.85 bits per heavy atom. The number of amides is 2. The van der Waals surface area contributed by atoms with Gasteiger partial charge in [-0.1, -0.05) is 24.3 Å². The van der Waals surface area contributed by atoms with Gasteiger partial charge in [0.25, 0.3) is 0 Å². The summed E-state index contributed by atoms with van der Waals surface area (Å²) in [5.74, 6) is -1.37. The van der Waals surface area contributed by atoms with E-state index in [0.717, 1.165) is 11.6 Å². The zero-order valence-corrected chi connectivity index (χ0v) is 10.9. The average molecular weight is 273 g/mol. The maximum atomic E-state index is 11.8. The van der Waals surface area contributed by atoms with Gasteiger partial charge >= 0.3 is 5.97 Å². The molecule has 1 heterocycles. The van der Waals surface area contributed by atoms with Crippen LogP contribution in [0.3, 0.4) is 0 Å². The van der Waals surface area contributed by atoms with Crippen molar-refractivity contribution in [1.29, 1.82) is 0 Å². The molecular formula is C15H15NO4. The second-order valence-corrected chi connectivity index (χ2v) is 4.60. The summed E-state index contributed by atoms with van der Waals surface area (Å²) in [6, 6.07) is 7.13. The van der Waals surface area contributed by atoms with E-state index in [1.54, 1.807) is 24.3 Å². The smallest absolute Gasteiger partial charge is 0.328 e. The number of carboxylic acid groups (broad SMARTS) is 1. The lowest BCUT2D eigenvalue weighted by Crippen LogP contribution is -2.39. The molecule has 1 saturated heterocycles. The summed E-state index contributed by atoms with van der Waals surface area (Å²) in [6.45, 7) is 0.192. The zero-order chi connectivity index (χ0) is 14.5. The highest BCUT2D eigenvalue weighted by molar-refractivity contribution is 5.97. The molecule has 0 radical (unpaired) electrons. The van der Waals surface area contributed by atoms with Crippen molar-refractivity contribution >= 4 is 23.9 Å². The minimum absolute atomic E-state index is 0.168. The van der Waals surface area contributed by atoms with Crippen molar-refractivity contribution in [2.75, 3.05) is 0 Å². The van der Waals surface area contributed by atoms with Gasteiger partial charge in [-0.25, -0.2) is 4.79 Å². The summed E-state index contributed by atoms with van der Waals surface area (Å²) < 4.78 is 0. The number of rotatable bonds is 4. The maximum Gasteiger partial charge on any atom is 0.328 e. The molecule has 104 valence electrons. The largest absolute Gasteiger partial charge is 0.478 e. The van der Waals surface area contributed by atoms with E-state index in [-0.39, 0.29) is 18.4 Å². The average Bonchev–Trinajstić information content (AvgIpc) is 2.42. The Bertz CT molecular complexity index is 561. The molecule has 1 fully saturated rings. The Hall–Kier alpha value is -2.43. The highest BCUT2D eigenvalue weighted by Gasteiger charge is 2.26. The van der Waals surface area contributed by atoms with Gasteiger partial charge < -0.3 is 5.11 Å². The van der Waals surface area contributed by atoms with Gasteiger partial charge in [-0.2, -0.15) is 0 Å². The number of carboxylic acids is 1. The molecule has 0 spiro atoms. The first-order valence-electron chi connectivity index (χ1n) is 6.40. The number of imide groups is 1. The van der Waals surface area contributed by atoms with Crippen LogP contribution in [0.2, 0.25) is 0 Å². The number of carbonyl (C=O) groups is 3. The van der Waals surface area contributed by atoms with Crippen LogP contribution in [0.15, 0.2) is 30.3 Å². The molecule has 2 rings (SSSR count). The summed E-state index contributed by atoms with van der Waals surface area (Å²) in [5.41, 5.74) is 1.45. The van der Waals surface area contributed by atoms with E-state index in [9.17, 15) is 14.4 Å². The number of aliphatic carboxylic acids is 1. The standard InChI is InChI=1S/C15H15NO4/c17-13-6-3-7-14(18)16(13)10-12-5-2-1-4-11(12)8-9-15(19)20/h1-2,4-5,8-9H,3,6-7,10H2,(H,19,20). The molecule has 1 aliphatic rings. The van der Waals surface area contributed by atoms with E-state index in [2.05, 4.69) is 0 Å². The second kappa shape index (κ2) is 6.14. The summed E-state index contributed by atoms with van der Waals surface area (Å²) in [7, 11) is 0. The van der Waals surface area contributed by atoms with Crippen molar-refractivity contribution in [1.82, 2.24) is 4.90 Å². The lowest BCUT2D eigenvalue weighted by molar-refractivity contribution is -0.148. The summed E-state index contributed by atoms with van der Waals surface area (Å²) in [4.78, 5) is 35.4. The van der Waals surface area contributed by atoms with E-state index in [1.807, 2.05) is 0 Å². The van der Waals surface area contributed by atoms with Gasteiger partial charge in [0.05, 0.1) is 6.54 Å². The van der Waals surface area contributed by atoms with Crippen LogP contribution in [0.1, 0.15) is 30.4 Å². The minimum atomic E-state index is -1.04. The Kier molecular flexibility index (Phi) is 4.30. The van der Waals surface area contributed by atoms with Crippen LogP contribution in [0.5, 0.6) is 0 Å². The lowest BCUT2D eigenvalue weighted by atomic mass is 10.0. The molecule has 1 aromatic carbocycles. The number of carbonyl (C=O) groups excluding carboxylic acids is 2. The summed E-state index contributed by atoms with van der Waals surface area (Å²) in [6.07, 6.45) is 3.89. The molecule has 0 bridgehead atoms. The monoisotopic (exact) mass is 273 g/mol. The zero-order valence-electron chi connectivity index (χ0n) is 10.9. The van der Waals surface area contributed by atoms with Crippen LogP contribution in [-0.2, 0) is 20.9 Å². The van der Waals surface area contributed by atoms with Crippen molar-refractivity contribution in [3.05, 3.63) is 41.5 Å². The molecule has 1 aliphatic heterocycles. The molecule has 0 saturated carbocycles. The minimum Gasteiger partial charge on any atom is -0.478 e. The van der Waals surface area contributed by atoms with E-state index in [0.29, 0.717) is 24.8 Å². The predicted octanol–water partition coefficient (Wildman–Crippen LogP) is 1.82. The van der Waals surface area contributed by atoms with Crippen LogP contribution >= 0.6 is 0 Å². The molecule has 2 amide bonds. The van der Waals surface area contributed by atoms with Gasteiger partial charge in [-0.15, -0.1) is 0 Å². The molecule has 1 aromatic rings. The molecule has 0 aromatic heterocycles. The number of likely N-dealkylation sites (tertiary alicyclic amines) is 1. The Morgan fingerprint density at radius 3 is 2.50 bits per heavy atom. The predicted molar refractivity (Wildman–Crippen MR) is 72.5 cm³/mol. The molecule has 5 heteroatoms. The lowest BCUT2D eigenvalue weighted by Gasteiger charge is -2.25. The van der Waals surface area contributed by atoms with E-state index >= 15 is 0 Å². The van der Waals surface area contributed by atoms with Gasteiger partial charge in [0.15, 0.2) is 0 Å². The van der Waals surface area contributed by atoms with Gasteiger partial charge in [0, 0.05) is 18.9 Å². The SMILES string of the molecule is O=C(O)C=Cc1ccccc1CN1C(=O)CCCC1=O. The second-order valence-electron chi connectivity index (χ2n) is 4.60. The van der Waals surface area contributed by atoms with Crippen molar-refractivity contribution in [3.8, 4) is 0 Å². The number of nitrogens with zero attached hydrogens (tertiary/aromatic N) is 1. The first kappa shape index (κ1) is 14.0. The number of benzene rings is 1. The quantitative estimate of drug-likeness (QED) is 0.670. The van der Waals surface area contributed by atoms with E-state index < -0.39 is 5.97 Å². The van der Waals surface area contributed by atoms with E-state index in [4.69, 9.17) is 5.11 Å². The van der Waals surface area contributed by atoms with Gasteiger partial charge in [0.2, 0.25) is 11.8 Å². The fourth-order valence-electron chi connectivity index (χ4n) is 2.15. The van der Waals surface area contributed by atoms with Crippen molar-refractivity contribution in [3.63, 3.8) is 0 Å². The van der Waals surface area contributed by atoms with Gasteiger partial charge in [0.1, 0.15) is 0 Å². The summed E-state index contributed by atoms with van der Waals surface area (Å²) in [5, 5.41) is 8.67. The fourth-order valence-corrected chi connectivity index (χ4v) is 2.15. The van der Waals surface area contributed by atoms with Crippen LogP contribution in [0.25, 0.3) is 6.08 Å². The molecule has 1 N–H and O–H groups in total. The summed E-state index contributed by atoms with van der Waals surface area (Å²) >= 11 is 0. The third-order valence-corrected chi connectivity index (χ3v) is 3.17. The van der Waals surface area contributed by atoms with Crippen LogP contribution in [0.4, 0.5) is 0 Å². The van der Waals surface area contributed by atoms with E-state index in [1.165, 1.54) is 11.0 Å². The number of piperidine rings is 1. The Balaban J connectivity index is 2.22. The fraction of sp³-hybridized carbons (Fsp3) is 0.267. The molecule has 0 atom stereocenters. The van der Waals surface area contributed by atoms with Crippen LogP contribution in [-0.4, -0.2) is 27.8 Å². The van der Waals surface area contributed by atoms with Gasteiger partial charge in [-0.05, 0) is 23.6 Å². The first-order valence-corrected chi connectivity index (χ1v) is 6.40. The Labute approximate surface area is 116 Å². The molecule has 20 heavy (non-hydrogen) atoms. The Morgan fingerprint density at radius 1 is 1.20 bits per heavy atom. The van der Waals surface area contributed by atoms with Gasteiger partial charge in [-0.3, -0.25) is 14.5 Å². The number of hydrogen-bond acceptors (Lipinski definition) is 3. The van der Waals surface area contributed by atoms with Crippen molar-refractivity contribution in [2.24, 2.45) is 0 Å².